The first kappa shape index (κ1) is 20.4. The van der Waals surface area contributed by atoms with Gasteiger partial charge in [0.15, 0.2) is 0 Å². The Morgan fingerprint density at radius 1 is 1.23 bits per heavy atom. The summed E-state index contributed by atoms with van der Waals surface area (Å²) in [4.78, 5) is 13.8. The van der Waals surface area contributed by atoms with Gasteiger partial charge in [0.25, 0.3) is 0 Å². The molecule has 5 rings (SSSR count). The predicted octanol–water partition coefficient (Wildman–Crippen LogP) is 4.73. The van der Waals surface area contributed by atoms with Crippen molar-refractivity contribution in [2.45, 2.75) is 44.9 Å². The van der Waals surface area contributed by atoms with Crippen LogP contribution in [0.2, 0.25) is 0 Å². The van der Waals surface area contributed by atoms with Crippen LogP contribution in [-0.4, -0.2) is 46.9 Å². The Morgan fingerprint density at radius 2 is 1.97 bits per heavy atom. The van der Waals surface area contributed by atoms with Crippen molar-refractivity contribution < 1.29 is 14.3 Å². The molecule has 162 valence electrons. The van der Waals surface area contributed by atoms with E-state index in [2.05, 4.69) is 39.1 Å². The van der Waals surface area contributed by atoms with E-state index in [1.807, 2.05) is 36.1 Å². The third kappa shape index (κ3) is 3.59. The number of hydrazone groups is 1. The molecule has 0 unspecified atom stereocenters. The normalized spacial score (nSPS) is 21.3. The molecule has 2 aromatic rings. The molecule has 31 heavy (non-hydrogen) atoms. The maximum atomic E-state index is 11.9. The minimum Gasteiger partial charge on any atom is -0.494 e. The van der Waals surface area contributed by atoms with Crippen LogP contribution in [0.3, 0.4) is 0 Å². The number of hydrogen-bond donors (Lipinski definition) is 0. The third-order valence-electron chi connectivity index (χ3n) is 6.45. The second-order valence-electron chi connectivity index (χ2n) is 8.31. The number of hydrogen-bond acceptors (Lipinski definition) is 5. The first-order chi connectivity index (χ1) is 15.0. The van der Waals surface area contributed by atoms with Gasteiger partial charge >= 0.3 is 0 Å². The van der Waals surface area contributed by atoms with Gasteiger partial charge in [-0.3, -0.25) is 4.79 Å². The molecule has 1 saturated heterocycles. The number of ether oxygens (including phenoxy) is 2. The maximum absolute atomic E-state index is 11.9. The Balaban J connectivity index is 1.50. The highest BCUT2D eigenvalue weighted by Gasteiger charge is 2.52. The van der Waals surface area contributed by atoms with E-state index in [1.165, 1.54) is 0 Å². The quantitative estimate of drug-likeness (QED) is 0.632. The third-order valence-corrected chi connectivity index (χ3v) is 6.94. The van der Waals surface area contributed by atoms with Crippen LogP contribution < -0.4 is 9.47 Å². The molecule has 0 radical (unpaired) electrons. The van der Waals surface area contributed by atoms with E-state index in [0.717, 1.165) is 52.1 Å². The van der Waals surface area contributed by atoms with Crippen molar-refractivity contribution in [3.05, 3.63) is 58.1 Å². The number of amides is 1. The van der Waals surface area contributed by atoms with Crippen LogP contribution in [0.4, 0.5) is 0 Å². The molecule has 0 saturated carbocycles. The van der Waals surface area contributed by atoms with Crippen molar-refractivity contribution in [3.8, 4) is 11.5 Å². The second kappa shape index (κ2) is 7.86. The van der Waals surface area contributed by atoms with E-state index < -0.39 is 5.72 Å². The van der Waals surface area contributed by atoms with Crippen LogP contribution in [0.1, 0.15) is 50.3 Å². The minimum atomic E-state index is -0.523. The van der Waals surface area contributed by atoms with E-state index in [4.69, 9.17) is 14.6 Å². The summed E-state index contributed by atoms with van der Waals surface area (Å²) in [6, 6.07) is 14.5. The van der Waals surface area contributed by atoms with Crippen molar-refractivity contribution in [2.75, 3.05) is 19.7 Å². The molecular formula is C24H26BrN3O3. The van der Waals surface area contributed by atoms with Crippen molar-refractivity contribution in [1.29, 1.82) is 0 Å². The van der Waals surface area contributed by atoms with Gasteiger partial charge in [-0.25, -0.2) is 5.01 Å². The Labute approximate surface area is 190 Å². The number of rotatable bonds is 3. The lowest BCUT2D eigenvalue weighted by Gasteiger charge is -2.51. The van der Waals surface area contributed by atoms with Crippen LogP contribution in [-0.2, 0) is 4.79 Å². The standard InChI is InChI=1S/C24H26BrN3O3/c1-3-30-19-7-4-17(5-8-19)21-15-22-20-14-18(25)6-9-23(20)31-24(28(22)26-21)10-12-27(13-11-24)16(2)29/h4-9,14,22H,3,10-13,15H2,1-2H3/t22-/m1/s1. The topological polar surface area (TPSA) is 54.4 Å². The van der Waals surface area contributed by atoms with E-state index in [0.29, 0.717) is 19.7 Å². The van der Waals surface area contributed by atoms with Crippen LogP contribution in [0.25, 0.3) is 0 Å². The molecule has 0 aliphatic carbocycles. The highest BCUT2D eigenvalue weighted by atomic mass is 79.9. The molecule has 0 bridgehead atoms. The van der Waals surface area contributed by atoms with Gasteiger partial charge in [-0.15, -0.1) is 0 Å². The van der Waals surface area contributed by atoms with Crippen molar-refractivity contribution in [3.63, 3.8) is 0 Å². The van der Waals surface area contributed by atoms with Gasteiger partial charge in [0.05, 0.1) is 18.4 Å². The molecule has 2 aromatic carbocycles. The molecule has 0 aromatic heterocycles. The number of carbonyl (C=O) groups excluding carboxylic acids is 1. The van der Waals surface area contributed by atoms with E-state index >= 15 is 0 Å². The average Bonchev–Trinajstić information content (AvgIpc) is 3.23. The number of halogens is 1. The van der Waals surface area contributed by atoms with Gasteiger partial charge in [-0.1, -0.05) is 15.9 Å². The van der Waals surface area contributed by atoms with Gasteiger partial charge in [0.2, 0.25) is 11.6 Å². The molecule has 3 aliphatic heterocycles. The van der Waals surface area contributed by atoms with Gasteiger partial charge in [0.1, 0.15) is 11.5 Å². The van der Waals surface area contributed by atoms with Gasteiger partial charge in [-0.05, 0) is 55.0 Å². The van der Waals surface area contributed by atoms with Crippen molar-refractivity contribution in [1.82, 2.24) is 9.91 Å². The lowest BCUT2D eigenvalue weighted by molar-refractivity contribution is -0.158. The smallest absolute Gasteiger partial charge is 0.219 e. The zero-order chi connectivity index (χ0) is 21.6. The van der Waals surface area contributed by atoms with Crippen molar-refractivity contribution in [2.24, 2.45) is 5.10 Å². The summed E-state index contributed by atoms with van der Waals surface area (Å²) < 4.78 is 13.3. The molecule has 0 N–H and O–H groups in total. The summed E-state index contributed by atoms with van der Waals surface area (Å²) in [5, 5.41) is 7.27. The molecule has 1 atom stereocenters. The first-order valence-corrected chi connectivity index (χ1v) is 11.6. The van der Waals surface area contributed by atoms with Gasteiger partial charge < -0.3 is 14.4 Å². The summed E-state index contributed by atoms with van der Waals surface area (Å²) in [6.45, 7) is 5.63. The fourth-order valence-corrected chi connectivity index (χ4v) is 5.22. The lowest BCUT2D eigenvalue weighted by atomic mass is 9.90. The summed E-state index contributed by atoms with van der Waals surface area (Å²) in [6.07, 6.45) is 2.29. The number of likely N-dealkylation sites (tertiary alicyclic amines) is 1. The van der Waals surface area contributed by atoms with Crippen LogP contribution in [0.5, 0.6) is 11.5 Å². The summed E-state index contributed by atoms with van der Waals surface area (Å²) in [5.74, 6) is 1.91. The molecule has 3 heterocycles. The summed E-state index contributed by atoms with van der Waals surface area (Å²) >= 11 is 3.61. The Hall–Kier alpha value is -2.54. The van der Waals surface area contributed by atoms with Gasteiger partial charge in [0, 0.05) is 49.3 Å². The van der Waals surface area contributed by atoms with E-state index in [-0.39, 0.29) is 11.9 Å². The largest absolute Gasteiger partial charge is 0.494 e. The van der Waals surface area contributed by atoms with E-state index in [1.54, 1.807) is 6.92 Å². The maximum Gasteiger partial charge on any atom is 0.219 e. The summed E-state index contributed by atoms with van der Waals surface area (Å²) in [7, 11) is 0. The number of fused-ring (bicyclic) bond motifs is 4. The second-order valence-corrected chi connectivity index (χ2v) is 9.22. The Bertz CT molecular complexity index is 1030. The highest BCUT2D eigenvalue weighted by Crippen LogP contribution is 2.50. The molecule has 3 aliphatic rings. The molecule has 7 heteroatoms. The predicted molar refractivity (Wildman–Crippen MR) is 122 cm³/mol. The minimum absolute atomic E-state index is 0.117. The molecule has 1 amide bonds. The van der Waals surface area contributed by atoms with E-state index in [9.17, 15) is 4.79 Å². The van der Waals surface area contributed by atoms with Gasteiger partial charge in [-0.2, -0.15) is 5.10 Å². The number of piperidine rings is 1. The molecule has 1 fully saturated rings. The number of nitrogens with zero attached hydrogens (tertiary/aromatic N) is 3. The highest BCUT2D eigenvalue weighted by molar-refractivity contribution is 9.10. The average molecular weight is 484 g/mol. The number of carbonyl (C=O) groups is 1. The Kier molecular flexibility index (Phi) is 5.16. The van der Waals surface area contributed by atoms with Crippen LogP contribution >= 0.6 is 15.9 Å². The molecule has 6 nitrogen and oxygen atoms in total. The monoisotopic (exact) mass is 483 g/mol. The van der Waals surface area contributed by atoms with Crippen LogP contribution in [0.15, 0.2) is 52.0 Å². The summed E-state index contributed by atoms with van der Waals surface area (Å²) in [5.41, 5.74) is 2.78. The fourth-order valence-electron chi connectivity index (χ4n) is 4.84. The first-order valence-electron chi connectivity index (χ1n) is 10.8. The Morgan fingerprint density at radius 3 is 2.65 bits per heavy atom. The zero-order valence-electron chi connectivity index (χ0n) is 17.8. The zero-order valence-corrected chi connectivity index (χ0v) is 19.4. The SMILES string of the molecule is CCOc1ccc(C2=NN3[C@H](C2)c2cc(Br)ccc2OC32CCN(C(C)=O)CC2)cc1. The van der Waals surface area contributed by atoms with Crippen molar-refractivity contribution >= 4 is 27.5 Å². The van der Waals surface area contributed by atoms with Crippen LogP contribution in [0, 0.1) is 0 Å². The number of benzene rings is 2. The fraction of sp³-hybridized carbons (Fsp3) is 0.417. The molecule has 1 spiro atoms. The lowest BCUT2D eigenvalue weighted by Crippen LogP contribution is -2.59. The molecular weight excluding hydrogens is 458 g/mol.